The number of hydrogen-bond acceptors (Lipinski definition) is 5. The SMILES string of the molecule is NC(=O)c1nnc2c(-c3ccc4ncn(CCc5ccccc5)c4c3)cccc2c1N. The molecular weight excluding hydrogens is 388 g/mol. The van der Waals surface area contributed by atoms with Crippen molar-refractivity contribution in [2.75, 3.05) is 5.73 Å². The Morgan fingerprint density at radius 2 is 1.81 bits per heavy atom. The number of anilines is 1. The average Bonchev–Trinajstić information content (AvgIpc) is 3.20. The number of carbonyl (C=O) groups excluding carboxylic acids is 1. The summed E-state index contributed by atoms with van der Waals surface area (Å²) in [4.78, 5) is 16.1. The van der Waals surface area contributed by atoms with Crippen molar-refractivity contribution in [1.29, 1.82) is 0 Å². The topological polar surface area (TPSA) is 113 Å². The minimum Gasteiger partial charge on any atom is -0.396 e. The Hall–Kier alpha value is -4.26. The summed E-state index contributed by atoms with van der Waals surface area (Å²) >= 11 is 0. The predicted molar refractivity (Wildman–Crippen MR) is 121 cm³/mol. The van der Waals surface area contributed by atoms with Crippen molar-refractivity contribution in [3.8, 4) is 11.1 Å². The highest BCUT2D eigenvalue weighted by molar-refractivity contribution is 6.07. The fraction of sp³-hybridized carbons (Fsp3) is 0.0833. The maximum Gasteiger partial charge on any atom is 0.271 e. The number of nitrogens with zero attached hydrogens (tertiary/aromatic N) is 4. The van der Waals surface area contributed by atoms with Gasteiger partial charge >= 0.3 is 0 Å². The molecule has 1 amide bonds. The van der Waals surface area contributed by atoms with Crippen LogP contribution in [0.25, 0.3) is 33.1 Å². The zero-order valence-corrected chi connectivity index (χ0v) is 16.7. The van der Waals surface area contributed by atoms with Crippen molar-refractivity contribution in [2.45, 2.75) is 13.0 Å². The number of nitrogen functional groups attached to an aromatic ring is 1. The average molecular weight is 408 g/mol. The highest BCUT2D eigenvalue weighted by atomic mass is 16.1. The van der Waals surface area contributed by atoms with Gasteiger partial charge in [0.05, 0.1) is 23.0 Å². The zero-order valence-electron chi connectivity index (χ0n) is 16.7. The molecule has 0 spiro atoms. The Labute approximate surface area is 178 Å². The number of hydrogen-bond donors (Lipinski definition) is 2. The van der Waals surface area contributed by atoms with Crippen LogP contribution in [-0.2, 0) is 13.0 Å². The van der Waals surface area contributed by atoms with Gasteiger partial charge in [-0.1, -0.05) is 54.6 Å². The molecule has 0 saturated carbocycles. The third-order valence-electron chi connectivity index (χ3n) is 5.48. The molecule has 5 aromatic rings. The molecule has 2 aromatic heterocycles. The molecule has 0 saturated heterocycles. The zero-order chi connectivity index (χ0) is 21.4. The summed E-state index contributed by atoms with van der Waals surface area (Å²) in [5, 5.41) is 8.86. The second-order valence-corrected chi connectivity index (χ2v) is 7.41. The van der Waals surface area contributed by atoms with E-state index in [0.29, 0.717) is 10.9 Å². The Morgan fingerprint density at radius 1 is 0.968 bits per heavy atom. The lowest BCUT2D eigenvalue weighted by Gasteiger charge is -2.10. The van der Waals surface area contributed by atoms with Gasteiger partial charge in [0.15, 0.2) is 5.69 Å². The highest BCUT2D eigenvalue weighted by Crippen LogP contribution is 2.32. The van der Waals surface area contributed by atoms with E-state index in [0.717, 1.165) is 35.1 Å². The first kappa shape index (κ1) is 18.7. The van der Waals surface area contributed by atoms with Gasteiger partial charge in [-0.2, -0.15) is 0 Å². The minimum absolute atomic E-state index is 0.0147. The quantitative estimate of drug-likeness (QED) is 0.462. The van der Waals surface area contributed by atoms with Crippen LogP contribution in [0.2, 0.25) is 0 Å². The molecule has 31 heavy (non-hydrogen) atoms. The number of benzene rings is 3. The first-order valence-corrected chi connectivity index (χ1v) is 9.95. The molecule has 4 N–H and O–H groups in total. The fourth-order valence-electron chi connectivity index (χ4n) is 3.86. The van der Waals surface area contributed by atoms with Gasteiger partial charge in [-0.25, -0.2) is 4.98 Å². The maximum atomic E-state index is 11.6. The second-order valence-electron chi connectivity index (χ2n) is 7.41. The summed E-state index contributed by atoms with van der Waals surface area (Å²) in [6.07, 6.45) is 2.79. The van der Waals surface area contributed by atoms with Gasteiger partial charge in [-0.05, 0) is 29.7 Å². The standard InChI is InChI=1S/C24H20N6O/c25-21-18-8-4-7-17(22(18)28-29-23(21)24(26)31)16-9-10-19-20(13-16)30(14-27-19)12-11-15-5-2-1-3-6-15/h1-10,13-14H,11-12H2,(H2,25,28)(H2,26,31). The van der Waals surface area contributed by atoms with Gasteiger partial charge in [0.25, 0.3) is 5.91 Å². The van der Waals surface area contributed by atoms with E-state index in [4.69, 9.17) is 11.5 Å². The van der Waals surface area contributed by atoms with E-state index < -0.39 is 5.91 Å². The van der Waals surface area contributed by atoms with Crippen molar-refractivity contribution in [1.82, 2.24) is 19.7 Å². The van der Waals surface area contributed by atoms with Gasteiger partial charge < -0.3 is 16.0 Å². The van der Waals surface area contributed by atoms with Gasteiger partial charge in [0, 0.05) is 17.5 Å². The number of nitrogens with two attached hydrogens (primary N) is 2. The molecule has 0 aliphatic heterocycles. The molecule has 0 atom stereocenters. The molecular formula is C24H20N6O. The van der Waals surface area contributed by atoms with Gasteiger partial charge in [-0.15, -0.1) is 10.2 Å². The summed E-state index contributed by atoms with van der Waals surface area (Å²) < 4.78 is 2.15. The molecule has 0 aliphatic carbocycles. The molecule has 0 radical (unpaired) electrons. The number of aryl methyl sites for hydroxylation is 2. The summed E-state index contributed by atoms with van der Waals surface area (Å²) in [6, 6.07) is 22.2. The Morgan fingerprint density at radius 3 is 2.61 bits per heavy atom. The van der Waals surface area contributed by atoms with Crippen molar-refractivity contribution < 1.29 is 4.79 Å². The van der Waals surface area contributed by atoms with Crippen molar-refractivity contribution in [2.24, 2.45) is 5.73 Å². The number of rotatable bonds is 5. The Balaban J connectivity index is 1.57. The second kappa shape index (κ2) is 7.53. The number of aromatic nitrogens is 4. The highest BCUT2D eigenvalue weighted by Gasteiger charge is 2.15. The molecule has 152 valence electrons. The summed E-state index contributed by atoms with van der Waals surface area (Å²) in [5.74, 6) is -0.693. The van der Waals surface area contributed by atoms with Crippen molar-refractivity contribution in [3.05, 3.63) is 84.3 Å². The lowest BCUT2D eigenvalue weighted by molar-refractivity contribution is 0.0996. The lowest BCUT2D eigenvalue weighted by Crippen LogP contribution is -2.16. The lowest BCUT2D eigenvalue weighted by atomic mass is 10.0. The Kier molecular flexibility index (Phi) is 4.55. The number of carbonyl (C=O) groups is 1. The van der Waals surface area contributed by atoms with Crippen LogP contribution in [-0.4, -0.2) is 25.7 Å². The molecule has 5 rings (SSSR count). The van der Waals surface area contributed by atoms with E-state index in [1.165, 1.54) is 5.56 Å². The van der Waals surface area contributed by atoms with Crippen LogP contribution in [0, 0.1) is 0 Å². The summed E-state index contributed by atoms with van der Waals surface area (Å²) in [7, 11) is 0. The third kappa shape index (κ3) is 3.36. The molecule has 7 heteroatoms. The molecule has 3 aromatic carbocycles. The summed E-state index contributed by atoms with van der Waals surface area (Å²) in [5.41, 5.74) is 17.5. The number of imidazole rings is 1. The van der Waals surface area contributed by atoms with E-state index >= 15 is 0 Å². The van der Waals surface area contributed by atoms with Crippen LogP contribution < -0.4 is 11.5 Å². The number of amides is 1. The van der Waals surface area contributed by atoms with Crippen LogP contribution >= 0.6 is 0 Å². The molecule has 2 heterocycles. The monoisotopic (exact) mass is 408 g/mol. The van der Waals surface area contributed by atoms with Crippen LogP contribution in [0.3, 0.4) is 0 Å². The van der Waals surface area contributed by atoms with E-state index in [1.807, 2.05) is 42.7 Å². The normalized spacial score (nSPS) is 11.2. The van der Waals surface area contributed by atoms with E-state index in [-0.39, 0.29) is 11.4 Å². The third-order valence-corrected chi connectivity index (χ3v) is 5.48. The summed E-state index contributed by atoms with van der Waals surface area (Å²) in [6.45, 7) is 0.828. The number of fused-ring (bicyclic) bond motifs is 2. The van der Waals surface area contributed by atoms with Crippen LogP contribution in [0.4, 0.5) is 5.69 Å². The minimum atomic E-state index is -0.693. The van der Waals surface area contributed by atoms with E-state index in [1.54, 1.807) is 0 Å². The van der Waals surface area contributed by atoms with Crippen molar-refractivity contribution in [3.63, 3.8) is 0 Å². The molecule has 7 nitrogen and oxygen atoms in total. The smallest absolute Gasteiger partial charge is 0.271 e. The van der Waals surface area contributed by atoms with E-state index in [9.17, 15) is 4.79 Å². The first-order chi connectivity index (χ1) is 15.1. The molecule has 0 unspecified atom stereocenters. The molecule has 0 fully saturated rings. The van der Waals surface area contributed by atoms with Crippen LogP contribution in [0.5, 0.6) is 0 Å². The van der Waals surface area contributed by atoms with Gasteiger partial charge in [0.1, 0.15) is 5.52 Å². The van der Waals surface area contributed by atoms with Crippen molar-refractivity contribution >= 4 is 33.5 Å². The van der Waals surface area contributed by atoms with Gasteiger partial charge in [-0.3, -0.25) is 4.79 Å². The maximum absolute atomic E-state index is 11.6. The Bertz CT molecular complexity index is 1420. The number of primary amides is 1. The van der Waals surface area contributed by atoms with Gasteiger partial charge in [0.2, 0.25) is 0 Å². The largest absolute Gasteiger partial charge is 0.396 e. The van der Waals surface area contributed by atoms with E-state index in [2.05, 4.69) is 50.1 Å². The van der Waals surface area contributed by atoms with Crippen LogP contribution in [0.1, 0.15) is 16.1 Å². The first-order valence-electron chi connectivity index (χ1n) is 9.95. The predicted octanol–water partition coefficient (Wildman–Crippen LogP) is 3.57. The fourth-order valence-corrected chi connectivity index (χ4v) is 3.86. The molecule has 0 bridgehead atoms. The van der Waals surface area contributed by atoms with Crippen LogP contribution in [0.15, 0.2) is 73.1 Å². The molecule has 0 aliphatic rings.